The van der Waals surface area contributed by atoms with Crippen LogP contribution >= 0.6 is 0 Å². The molecule has 0 atom stereocenters. The van der Waals surface area contributed by atoms with Crippen LogP contribution < -0.4 is 10.9 Å². The van der Waals surface area contributed by atoms with E-state index in [9.17, 15) is 9.59 Å². The first kappa shape index (κ1) is 14.0. The number of fused-ring (bicyclic) bond motifs is 1. The fourth-order valence-corrected chi connectivity index (χ4v) is 2.15. The van der Waals surface area contributed by atoms with E-state index in [1.54, 1.807) is 25.1 Å². The third-order valence-corrected chi connectivity index (χ3v) is 3.19. The summed E-state index contributed by atoms with van der Waals surface area (Å²) >= 11 is 0. The highest BCUT2D eigenvalue weighted by atomic mass is 16.5. The molecule has 3 aromatic rings. The van der Waals surface area contributed by atoms with Crippen LogP contribution in [0, 0.1) is 13.8 Å². The standard InChI is InChI=1S/C15H14N4O3/c1-9-3-4-12-11(5-9)15(21)19(8-16-12)7-14(20)17-13-6-10(2)22-18-13/h3-6,8H,7H2,1-2H3,(H,17,18,20). The number of carbonyl (C=O) groups is 1. The summed E-state index contributed by atoms with van der Waals surface area (Å²) in [5.41, 5.74) is 1.33. The lowest BCUT2D eigenvalue weighted by atomic mass is 10.2. The highest BCUT2D eigenvalue weighted by Crippen LogP contribution is 2.09. The summed E-state index contributed by atoms with van der Waals surface area (Å²) in [6.45, 7) is 3.49. The Bertz CT molecular complexity index is 911. The lowest BCUT2D eigenvalue weighted by Gasteiger charge is -2.06. The zero-order valence-electron chi connectivity index (χ0n) is 12.2. The number of nitrogens with zero attached hydrogens (tertiary/aromatic N) is 3. The number of rotatable bonds is 3. The van der Waals surface area contributed by atoms with Crippen molar-refractivity contribution >= 4 is 22.6 Å². The van der Waals surface area contributed by atoms with Gasteiger partial charge in [-0.2, -0.15) is 0 Å². The normalized spacial score (nSPS) is 10.8. The van der Waals surface area contributed by atoms with E-state index in [1.807, 2.05) is 13.0 Å². The van der Waals surface area contributed by atoms with Crippen molar-refractivity contribution in [3.63, 3.8) is 0 Å². The topological polar surface area (TPSA) is 90.0 Å². The molecule has 1 aromatic carbocycles. The molecule has 7 heteroatoms. The van der Waals surface area contributed by atoms with Gasteiger partial charge < -0.3 is 9.84 Å². The van der Waals surface area contributed by atoms with Gasteiger partial charge in [-0.15, -0.1) is 0 Å². The van der Waals surface area contributed by atoms with Gasteiger partial charge in [0.2, 0.25) is 5.91 Å². The number of benzene rings is 1. The molecule has 2 aromatic heterocycles. The molecule has 112 valence electrons. The van der Waals surface area contributed by atoms with Crippen LogP contribution in [0.4, 0.5) is 5.82 Å². The largest absolute Gasteiger partial charge is 0.360 e. The second kappa shape index (κ2) is 5.44. The van der Waals surface area contributed by atoms with Crippen molar-refractivity contribution in [2.24, 2.45) is 0 Å². The summed E-state index contributed by atoms with van der Waals surface area (Å²) in [5, 5.41) is 6.73. The van der Waals surface area contributed by atoms with Crippen molar-refractivity contribution < 1.29 is 9.32 Å². The molecule has 0 spiro atoms. The maximum atomic E-state index is 12.4. The molecule has 0 aliphatic heterocycles. The molecule has 2 heterocycles. The molecular weight excluding hydrogens is 284 g/mol. The zero-order valence-corrected chi connectivity index (χ0v) is 12.2. The van der Waals surface area contributed by atoms with Crippen molar-refractivity contribution in [2.75, 3.05) is 5.32 Å². The van der Waals surface area contributed by atoms with E-state index >= 15 is 0 Å². The highest BCUT2D eigenvalue weighted by molar-refractivity contribution is 5.89. The Morgan fingerprint density at radius 1 is 1.32 bits per heavy atom. The minimum Gasteiger partial charge on any atom is -0.360 e. The molecule has 0 bridgehead atoms. The summed E-state index contributed by atoms with van der Waals surface area (Å²) in [4.78, 5) is 28.5. The van der Waals surface area contributed by atoms with E-state index < -0.39 is 0 Å². The van der Waals surface area contributed by atoms with Crippen LogP contribution in [0.3, 0.4) is 0 Å². The maximum absolute atomic E-state index is 12.4. The first-order valence-corrected chi connectivity index (χ1v) is 6.72. The molecular formula is C15H14N4O3. The van der Waals surface area contributed by atoms with Gasteiger partial charge in [0.15, 0.2) is 5.82 Å². The van der Waals surface area contributed by atoms with Crippen LogP contribution in [0.5, 0.6) is 0 Å². The highest BCUT2D eigenvalue weighted by Gasteiger charge is 2.10. The Balaban J connectivity index is 1.86. The fraction of sp³-hybridized carbons (Fsp3) is 0.200. The van der Waals surface area contributed by atoms with Crippen molar-refractivity contribution in [3.8, 4) is 0 Å². The van der Waals surface area contributed by atoms with E-state index in [1.165, 1.54) is 10.9 Å². The lowest BCUT2D eigenvalue weighted by molar-refractivity contribution is -0.116. The zero-order chi connectivity index (χ0) is 15.7. The molecule has 22 heavy (non-hydrogen) atoms. The van der Waals surface area contributed by atoms with Gasteiger partial charge in [0, 0.05) is 6.07 Å². The fourth-order valence-electron chi connectivity index (χ4n) is 2.15. The van der Waals surface area contributed by atoms with Gasteiger partial charge in [0.25, 0.3) is 5.56 Å². The van der Waals surface area contributed by atoms with E-state index in [0.29, 0.717) is 22.5 Å². The Labute approximate surface area is 125 Å². The lowest BCUT2D eigenvalue weighted by Crippen LogP contribution is -2.28. The third kappa shape index (κ3) is 2.73. The Morgan fingerprint density at radius 2 is 2.14 bits per heavy atom. The first-order valence-electron chi connectivity index (χ1n) is 6.72. The van der Waals surface area contributed by atoms with E-state index in [4.69, 9.17) is 4.52 Å². The smallest absolute Gasteiger partial charge is 0.261 e. The van der Waals surface area contributed by atoms with Gasteiger partial charge in [0.1, 0.15) is 12.3 Å². The second-order valence-corrected chi connectivity index (χ2v) is 5.07. The number of hydrogen-bond donors (Lipinski definition) is 1. The molecule has 7 nitrogen and oxygen atoms in total. The SMILES string of the molecule is Cc1ccc2ncn(CC(=O)Nc3cc(C)on3)c(=O)c2c1. The summed E-state index contributed by atoms with van der Waals surface area (Å²) < 4.78 is 6.13. The molecule has 0 radical (unpaired) electrons. The summed E-state index contributed by atoms with van der Waals surface area (Å²) in [6.07, 6.45) is 1.37. The molecule has 0 saturated heterocycles. The van der Waals surface area contributed by atoms with Crippen LogP contribution in [0.1, 0.15) is 11.3 Å². The number of aromatic nitrogens is 3. The van der Waals surface area contributed by atoms with E-state index in [0.717, 1.165) is 5.56 Å². The number of carbonyl (C=O) groups excluding carboxylic acids is 1. The first-order chi connectivity index (χ1) is 10.5. The molecule has 0 aliphatic carbocycles. The Kier molecular flexibility index (Phi) is 3.46. The van der Waals surface area contributed by atoms with Crippen LogP contribution in [0.2, 0.25) is 0 Å². The quantitative estimate of drug-likeness (QED) is 0.794. The van der Waals surface area contributed by atoms with Crippen LogP contribution in [0.15, 0.2) is 39.9 Å². The molecule has 0 aliphatic rings. The van der Waals surface area contributed by atoms with Crippen molar-refractivity contribution in [2.45, 2.75) is 20.4 Å². The van der Waals surface area contributed by atoms with Gasteiger partial charge >= 0.3 is 0 Å². The molecule has 0 saturated carbocycles. The monoisotopic (exact) mass is 298 g/mol. The Hall–Kier alpha value is -2.96. The van der Waals surface area contributed by atoms with Crippen molar-refractivity contribution in [3.05, 3.63) is 52.3 Å². The molecule has 1 N–H and O–H groups in total. The number of nitrogens with one attached hydrogen (secondary N) is 1. The van der Waals surface area contributed by atoms with Crippen LogP contribution in [0.25, 0.3) is 10.9 Å². The molecule has 0 unspecified atom stereocenters. The van der Waals surface area contributed by atoms with Gasteiger partial charge in [0.05, 0.1) is 17.2 Å². The minimum atomic E-state index is -0.371. The van der Waals surface area contributed by atoms with Gasteiger partial charge in [-0.1, -0.05) is 16.8 Å². The summed E-state index contributed by atoms with van der Waals surface area (Å²) in [7, 11) is 0. The molecule has 3 rings (SSSR count). The second-order valence-electron chi connectivity index (χ2n) is 5.07. The maximum Gasteiger partial charge on any atom is 0.261 e. The van der Waals surface area contributed by atoms with E-state index in [2.05, 4.69) is 15.5 Å². The predicted molar refractivity (Wildman–Crippen MR) is 80.6 cm³/mol. The van der Waals surface area contributed by atoms with Gasteiger partial charge in [-0.3, -0.25) is 14.2 Å². The van der Waals surface area contributed by atoms with E-state index in [-0.39, 0.29) is 18.0 Å². The predicted octanol–water partition coefficient (Wildman–Crippen LogP) is 1.64. The van der Waals surface area contributed by atoms with Gasteiger partial charge in [-0.05, 0) is 26.0 Å². The molecule has 0 fully saturated rings. The number of hydrogen-bond acceptors (Lipinski definition) is 5. The van der Waals surface area contributed by atoms with Gasteiger partial charge in [-0.25, -0.2) is 4.98 Å². The summed E-state index contributed by atoms with van der Waals surface area (Å²) in [6, 6.07) is 7.04. The number of anilines is 1. The average Bonchev–Trinajstić information content (AvgIpc) is 2.87. The van der Waals surface area contributed by atoms with Crippen molar-refractivity contribution in [1.82, 2.24) is 14.7 Å². The minimum absolute atomic E-state index is 0.137. The van der Waals surface area contributed by atoms with Crippen LogP contribution in [-0.4, -0.2) is 20.6 Å². The van der Waals surface area contributed by atoms with Crippen molar-refractivity contribution in [1.29, 1.82) is 0 Å². The Morgan fingerprint density at radius 3 is 2.86 bits per heavy atom. The molecule has 1 amide bonds. The van der Waals surface area contributed by atoms with Crippen LogP contribution in [-0.2, 0) is 11.3 Å². The number of aryl methyl sites for hydroxylation is 2. The number of amides is 1. The third-order valence-electron chi connectivity index (χ3n) is 3.19. The average molecular weight is 298 g/mol. The summed E-state index contributed by atoms with van der Waals surface area (Å²) in [5.74, 6) is 0.541.